The van der Waals surface area contributed by atoms with Crippen LogP contribution in [0.2, 0.25) is 0 Å². The zero-order valence-corrected chi connectivity index (χ0v) is 13.1. The van der Waals surface area contributed by atoms with Gasteiger partial charge in [-0.25, -0.2) is 0 Å². The van der Waals surface area contributed by atoms with Crippen molar-refractivity contribution in [1.29, 1.82) is 0 Å². The summed E-state index contributed by atoms with van der Waals surface area (Å²) in [5.74, 6) is -0.202. The van der Waals surface area contributed by atoms with Gasteiger partial charge in [0, 0.05) is 6.42 Å². The van der Waals surface area contributed by atoms with Gasteiger partial charge in [-0.1, -0.05) is 78.1 Å². The summed E-state index contributed by atoms with van der Waals surface area (Å²) in [5, 5.41) is 8.96. The summed E-state index contributed by atoms with van der Waals surface area (Å²) in [6, 6.07) is 0. The van der Waals surface area contributed by atoms with Crippen molar-refractivity contribution in [2.24, 2.45) is 5.92 Å². The van der Waals surface area contributed by atoms with Crippen LogP contribution in [0.5, 0.6) is 0 Å². The van der Waals surface area contributed by atoms with E-state index in [9.17, 15) is 4.79 Å². The lowest BCUT2D eigenvalue weighted by Crippen LogP contribution is -2.08. The van der Waals surface area contributed by atoms with Gasteiger partial charge < -0.3 is 5.11 Å². The number of aliphatic carboxylic acids is 1. The maximum Gasteiger partial charge on any atom is 0.303 e. The van der Waals surface area contributed by atoms with E-state index in [0.29, 0.717) is 12.3 Å². The van der Waals surface area contributed by atoms with Crippen LogP contribution in [0.3, 0.4) is 0 Å². The second kappa shape index (κ2) is 13.9. The lowest BCUT2D eigenvalue weighted by molar-refractivity contribution is -0.138. The highest BCUT2D eigenvalue weighted by molar-refractivity contribution is 5.66. The normalized spacial score (nSPS) is 12.5. The standard InChI is InChI=1S/C17H34O2/c1-3-5-7-9-10-12-14-16(15-17(18)19)13-11-8-6-4-2/h16H,3-15H2,1-2H3,(H,18,19)/t16-/m1/s1. The largest absolute Gasteiger partial charge is 0.481 e. The molecule has 0 aromatic carbocycles. The van der Waals surface area contributed by atoms with Crippen LogP contribution in [0.15, 0.2) is 0 Å². The number of hydrogen-bond acceptors (Lipinski definition) is 1. The van der Waals surface area contributed by atoms with Crippen molar-refractivity contribution in [1.82, 2.24) is 0 Å². The molecule has 2 heteroatoms. The molecule has 19 heavy (non-hydrogen) atoms. The summed E-state index contributed by atoms with van der Waals surface area (Å²) < 4.78 is 0. The van der Waals surface area contributed by atoms with E-state index >= 15 is 0 Å². The molecule has 0 heterocycles. The Balaban J connectivity index is 3.64. The second-order valence-corrected chi connectivity index (χ2v) is 5.87. The zero-order valence-electron chi connectivity index (χ0n) is 13.1. The van der Waals surface area contributed by atoms with Gasteiger partial charge in [0.15, 0.2) is 0 Å². The monoisotopic (exact) mass is 270 g/mol. The van der Waals surface area contributed by atoms with Crippen LogP contribution >= 0.6 is 0 Å². The lowest BCUT2D eigenvalue weighted by Gasteiger charge is -2.14. The number of hydrogen-bond donors (Lipinski definition) is 1. The van der Waals surface area contributed by atoms with Gasteiger partial charge in [0.2, 0.25) is 0 Å². The SMILES string of the molecule is CCCCCCCC[C@@H](CCCCCC)CC(=O)O. The van der Waals surface area contributed by atoms with Crippen LogP contribution in [0.1, 0.15) is 97.3 Å². The number of rotatable bonds is 14. The molecule has 0 aliphatic rings. The first-order valence-electron chi connectivity index (χ1n) is 8.42. The van der Waals surface area contributed by atoms with Gasteiger partial charge in [-0.2, -0.15) is 0 Å². The zero-order chi connectivity index (χ0) is 14.3. The molecule has 1 atom stereocenters. The van der Waals surface area contributed by atoms with E-state index in [1.165, 1.54) is 64.2 Å². The molecule has 2 nitrogen and oxygen atoms in total. The fourth-order valence-corrected chi connectivity index (χ4v) is 2.67. The van der Waals surface area contributed by atoms with Crippen LogP contribution < -0.4 is 0 Å². The quantitative estimate of drug-likeness (QED) is 0.405. The Kier molecular flexibility index (Phi) is 13.5. The third kappa shape index (κ3) is 13.7. The van der Waals surface area contributed by atoms with Gasteiger partial charge in [0.1, 0.15) is 0 Å². The van der Waals surface area contributed by atoms with E-state index < -0.39 is 5.97 Å². The predicted molar refractivity (Wildman–Crippen MR) is 82.5 cm³/mol. The van der Waals surface area contributed by atoms with Crippen molar-refractivity contribution in [3.8, 4) is 0 Å². The Bertz CT molecular complexity index is 201. The molecule has 0 spiro atoms. The summed E-state index contributed by atoms with van der Waals surface area (Å²) in [6.45, 7) is 4.45. The smallest absolute Gasteiger partial charge is 0.303 e. The Morgan fingerprint density at radius 3 is 1.68 bits per heavy atom. The molecule has 1 N–H and O–H groups in total. The Labute approximate surface area is 120 Å². The van der Waals surface area contributed by atoms with Crippen molar-refractivity contribution in [3.63, 3.8) is 0 Å². The minimum atomic E-state index is -0.619. The fraction of sp³-hybridized carbons (Fsp3) is 0.941. The van der Waals surface area contributed by atoms with Crippen molar-refractivity contribution in [2.75, 3.05) is 0 Å². The molecule has 0 aromatic heterocycles. The van der Waals surface area contributed by atoms with Gasteiger partial charge >= 0.3 is 5.97 Å². The van der Waals surface area contributed by atoms with Crippen molar-refractivity contribution in [3.05, 3.63) is 0 Å². The number of carbonyl (C=O) groups is 1. The maximum absolute atomic E-state index is 10.9. The lowest BCUT2D eigenvalue weighted by atomic mass is 9.91. The summed E-state index contributed by atoms with van der Waals surface area (Å²) >= 11 is 0. The summed E-state index contributed by atoms with van der Waals surface area (Å²) in [5.41, 5.74) is 0. The minimum Gasteiger partial charge on any atom is -0.481 e. The van der Waals surface area contributed by atoms with Gasteiger partial charge in [-0.3, -0.25) is 4.79 Å². The molecule has 0 bridgehead atoms. The van der Waals surface area contributed by atoms with E-state index in [4.69, 9.17) is 5.11 Å². The molecule has 0 aliphatic heterocycles. The predicted octanol–water partition coefficient (Wildman–Crippen LogP) is 5.80. The number of carboxylic acid groups (broad SMARTS) is 1. The van der Waals surface area contributed by atoms with E-state index in [1.54, 1.807) is 0 Å². The highest BCUT2D eigenvalue weighted by atomic mass is 16.4. The van der Waals surface area contributed by atoms with Crippen LogP contribution in [0, 0.1) is 5.92 Å². The highest BCUT2D eigenvalue weighted by Crippen LogP contribution is 2.21. The molecule has 0 radical (unpaired) electrons. The van der Waals surface area contributed by atoms with E-state index in [0.717, 1.165) is 12.8 Å². The maximum atomic E-state index is 10.9. The Hall–Kier alpha value is -0.530. The Morgan fingerprint density at radius 2 is 1.21 bits per heavy atom. The molecule has 0 aliphatic carbocycles. The Morgan fingerprint density at radius 1 is 0.789 bits per heavy atom. The van der Waals surface area contributed by atoms with E-state index in [2.05, 4.69) is 13.8 Å². The molecule has 0 saturated heterocycles. The molecule has 0 aromatic rings. The third-order valence-electron chi connectivity index (χ3n) is 3.90. The third-order valence-corrected chi connectivity index (χ3v) is 3.90. The first kappa shape index (κ1) is 18.5. The summed E-state index contributed by atoms with van der Waals surface area (Å²) in [4.78, 5) is 10.9. The summed E-state index contributed by atoms with van der Waals surface area (Å²) in [7, 11) is 0. The average Bonchev–Trinajstić information content (AvgIpc) is 2.37. The van der Waals surface area contributed by atoms with Crippen molar-refractivity contribution in [2.45, 2.75) is 97.3 Å². The van der Waals surface area contributed by atoms with Gasteiger partial charge in [-0.05, 0) is 18.8 Å². The molecular formula is C17H34O2. The molecule has 0 unspecified atom stereocenters. The average molecular weight is 270 g/mol. The molecule has 0 rings (SSSR count). The first-order chi connectivity index (χ1) is 9.20. The molecule has 0 saturated carbocycles. The molecule has 0 fully saturated rings. The first-order valence-corrected chi connectivity index (χ1v) is 8.42. The fourth-order valence-electron chi connectivity index (χ4n) is 2.67. The second-order valence-electron chi connectivity index (χ2n) is 5.87. The molecule has 0 amide bonds. The van der Waals surface area contributed by atoms with Crippen LogP contribution in [0.4, 0.5) is 0 Å². The van der Waals surface area contributed by atoms with Crippen LogP contribution in [-0.4, -0.2) is 11.1 Å². The van der Waals surface area contributed by atoms with Gasteiger partial charge in [0.25, 0.3) is 0 Å². The van der Waals surface area contributed by atoms with Crippen molar-refractivity contribution < 1.29 is 9.90 Å². The molecular weight excluding hydrogens is 236 g/mol. The van der Waals surface area contributed by atoms with Crippen molar-refractivity contribution >= 4 is 5.97 Å². The van der Waals surface area contributed by atoms with E-state index in [-0.39, 0.29) is 0 Å². The van der Waals surface area contributed by atoms with Gasteiger partial charge in [-0.15, -0.1) is 0 Å². The number of carboxylic acids is 1. The number of unbranched alkanes of at least 4 members (excludes halogenated alkanes) is 8. The summed E-state index contributed by atoms with van der Waals surface area (Å²) in [6.07, 6.45) is 15.4. The van der Waals surface area contributed by atoms with Crippen LogP contribution in [-0.2, 0) is 4.79 Å². The van der Waals surface area contributed by atoms with Crippen LogP contribution in [0.25, 0.3) is 0 Å². The minimum absolute atomic E-state index is 0.376. The molecule has 114 valence electrons. The topological polar surface area (TPSA) is 37.3 Å². The highest BCUT2D eigenvalue weighted by Gasteiger charge is 2.12. The van der Waals surface area contributed by atoms with E-state index in [1.807, 2.05) is 0 Å². The van der Waals surface area contributed by atoms with Gasteiger partial charge in [0.05, 0.1) is 0 Å².